The second kappa shape index (κ2) is 5.29. The highest BCUT2D eigenvalue weighted by Crippen LogP contribution is 2.24. The molecular weight excluding hydrogens is 278 g/mol. The van der Waals surface area contributed by atoms with Gasteiger partial charge in [0.2, 0.25) is 17.1 Å². The summed E-state index contributed by atoms with van der Waals surface area (Å²) in [6, 6.07) is 0. The van der Waals surface area contributed by atoms with Crippen LogP contribution < -0.4 is 5.32 Å². The van der Waals surface area contributed by atoms with Crippen molar-refractivity contribution in [3.05, 3.63) is 30.7 Å². The van der Waals surface area contributed by atoms with Crippen LogP contribution in [0.1, 0.15) is 5.69 Å². The van der Waals surface area contributed by atoms with Crippen molar-refractivity contribution in [1.29, 1.82) is 0 Å². The van der Waals surface area contributed by atoms with Crippen LogP contribution in [0.15, 0.2) is 39.8 Å². The molecule has 0 aromatic carbocycles. The summed E-state index contributed by atoms with van der Waals surface area (Å²) in [6.07, 6.45) is 6.63. The first-order chi connectivity index (χ1) is 9.74. The van der Waals surface area contributed by atoms with Crippen molar-refractivity contribution >= 4 is 17.7 Å². The maximum atomic E-state index is 5.28. The molecule has 0 radical (unpaired) electrons. The standard InChI is InChI=1S/C11H11N7OS/c1-7-5-19-11(14-7)20-10-16-8(12-2)15-9(17-10)18-4-3-13-6-18/h3-6H,1-2H3,(H,12,15,16,17). The molecule has 3 heterocycles. The normalized spacial score (nSPS) is 10.7. The Hall–Kier alpha value is -2.42. The van der Waals surface area contributed by atoms with Crippen molar-refractivity contribution in [3.8, 4) is 5.95 Å². The molecule has 0 aliphatic rings. The predicted octanol–water partition coefficient (Wildman–Crippen LogP) is 1.55. The number of nitrogens with one attached hydrogen (secondary N) is 1. The van der Waals surface area contributed by atoms with Gasteiger partial charge in [0, 0.05) is 31.2 Å². The van der Waals surface area contributed by atoms with Gasteiger partial charge in [0.1, 0.15) is 12.6 Å². The van der Waals surface area contributed by atoms with E-state index in [-0.39, 0.29) is 0 Å². The lowest BCUT2D eigenvalue weighted by atomic mass is 10.6. The number of imidazole rings is 1. The van der Waals surface area contributed by atoms with Gasteiger partial charge < -0.3 is 9.73 Å². The second-order valence-electron chi connectivity index (χ2n) is 3.82. The molecule has 3 aromatic rings. The van der Waals surface area contributed by atoms with E-state index in [0.29, 0.717) is 22.3 Å². The molecule has 0 bridgehead atoms. The molecular formula is C11H11N7OS. The molecule has 1 N–H and O–H groups in total. The highest BCUT2D eigenvalue weighted by atomic mass is 32.2. The zero-order chi connectivity index (χ0) is 13.9. The van der Waals surface area contributed by atoms with Crippen LogP contribution in [0, 0.1) is 6.92 Å². The topological polar surface area (TPSA) is 94.6 Å². The maximum absolute atomic E-state index is 5.28. The first kappa shape index (κ1) is 12.6. The van der Waals surface area contributed by atoms with Gasteiger partial charge in [-0.15, -0.1) is 0 Å². The lowest BCUT2D eigenvalue weighted by Crippen LogP contribution is -2.06. The number of rotatable bonds is 4. The summed E-state index contributed by atoms with van der Waals surface area (Å²) in [6.45, 7) is 1.86. The van der Waals surface area contributed by atoms with E-state index in [0.717, 1.165) is 5.69 Å². The lowest BCUT2D eigenvalue weighted by molar-refractivity contribution is 0.453. The fraction of sp³-hybridized carbons (Fsp3) is 0.182. The summed E-state index contributed by atoms with van der Waals surface area (Å²) in [7, 11) is 1.75. The van der Waals surface area contributed by atoms with Crippen LogP contribution in [0.2, 0.25) is 0 Å². The number of oxazole rings is 1. The highest BCUT2D eigenvalue weighted by molar-refractivity contribution is 7.98. The zero-order valence-electron chi connectivity index (χ0n) is 10.8. The molecule has 0 spiro atoms. The molecule has 3 aromatic heterocycles. The van der Waals surface area contributed by atoms with E-state index in [4.69, 9.17) is 4.42 Å². The Bertz CT molecular complexity index is 709. The summed E-state index contributed by atoms with van der Waals surface area (Å²) < 4.78 is 6.99. The molecule has 0 unspecified atom stereocenters. The van der Waals surface area contributed by atoms with Gasteiger partial charge in [0.15, 0.2) is 0 Å². The van der Waals surface area contributed by atoms with Gasteiger partial charge in [0.05, 0.1) is 5.69 Å². The van der Waals surface area contributed by atoms with Gasteiger partial charge >= 0.3 is 0 Å². The van der Waals surface area contributed by atoms with E-state index in [1.165, 1.54) is 11.8 Å². The third-order valence-corrected chi connectivity index (χ3v) is 3.07. The molecule has 8 nitrogen and oxygen atoms in total. The number of anilines is 1. The van der Waals surface area contributed by atoms with E-state index in [1.54, 1.807) is 36.6 Å². The van der Waals surface area contributed by atoms with E-state index in [2.05, 4.69) is 30.2 Å². The SMILES string of the molecule is CNc1nc(Sc2nc(C)co2)nc(-n2ccnc2)n1. The molecule has 3 rings (SSSR count). The second-order valence-corrected chi connectivity index (χ2v) is 4.74. The van der Waals surface area contributed by atoms with Gasteiger partial charge in [-0.1, -0.05) is 0 Å². The largest absolute Gasteiger partial charge is 0.439 e. The van der Waals surface area contributed by atoms with E-state index >= 15 is 0 Å². The first-order valence-corrected chi connectivity index (χ1v) is 6.58. The lowest BCUT2D eigenvalue weighted by Gasteiger charge is -2.05. The average Bonchev–Trinajstić information content (AvgIpc) is 3.10. The number of hydrogen-bond acceptors (Lipinski definition) is 8. The van der Waals surface area contributed by atoms with Crippen molar-refractivity contribution in [2.45, 2.75) is 17.3 Å². The van der Waals surface area contributed by atoms with Crippen molar-refractivity contribution in [3.63, 3.8) is 0 Å². The maximum Gasteiger partial charge on any atom is 0.263 e. The number of hydrogen-bond donors (Lipinski definition) is 1. The third kappa shape index (κ3) is 2.62. The molecule has 0 amide bonds. The van der Waals surface area contributed by atoms with Crippen LogP contribution in [0.5, 0.6) is 0 Å². The number of aryl methyl sites for hydroxylation is 1. The van der Waals surface area contributed by atoms with Gasteiger partial charge in [-0.05, 0) is 6.92 Å². The Morgan fingerprint density at radius 3 is 2.80 bits per heavy atom. The minimum atomic E-state index is 0.467. The van der Waals surface area contributed by atoms with Crippen LogP contribution >= 0.6 is 11.8 Å². The molecule has 0 fully saturated rings. The van der Waals surface area contributed by atoms with Crippen molar-refractivity contribution in [2.75, 3.05) is 12.4 Å². The summed E-state index contributed by atoms with van der Waals surface area (Å²) >= 11 is 1.24. The van der Waals surface area contributed by atoms with Crippen LogP contribution in [0.25, 0.3) is 5.95 Å². The van der Waals surface area contributed by atoms with E-state index < -0.39 is 0 Å². The van der Waals surface area contributed by atoms with Crippen LogP contribution in [0.3, 0.4) is 0 Å². The summed E-state index contributed by atoms with van der Waals surface area (Å²) in [4.78, 5) is 21.1. The van der Waals surface area contributed by atoms with Gasteiger partial charge in [-0.3, -0.25) is 4.57 Å². The average molecular weight is 289 g/mol. The van der Waals surface area contributed by atoms with Crippen molar-refractivity contribution in [2.24, 2.45) is 0 Å². The molecule has 9 heteroatoms. The predicted molar refractivity (Wildman–Crippen MR) is 71.9 cm³/mol. The number of aromatic nitrogens is 6. The van der Waals surface area contributed by atoms with Gasteiger partial charge in [-0.25, -0.2) is 9.97 Å². The van der Waals surface area contributed by atoms with E-state index in [9.17, 15) is 0 Å². The van der Waals surface area contributed by atoms with Crippen molar-refractivity contribution in [1.82, 2.24) is 29.5 Å². The Balaban J connectivity index is 1.96. The molecule has 0 saturated heterocycles. The van der Waals surface area contributed by atoms with Gasteiger partial charge in [-0.2, -0.15) is 15.0 Å². The Labute approximate surface area is 118 Å². The van der Waals surface area contributed by atoms with Crippen molar-refractivity contribution < 1.29 is 4.42 Å². The Morgan fingerprint density at radius 1 is 1.25 bits per heavy atom. The molecule has 0 aliphatic carbocycles. The smallest absolute Gasteiger partial charge is 0.263 e. The molecule has 0 aliphatic heterocycles. The third-order valence-electron chi connectivity index (χ3n) is 2.34. The van der Waals surface area contributed by atoms with Gasteiger partial charge in [0.25, 0.3) is 5.22 Å². The summed E-state index contributed by atoms with van der Waals surface area (Å²) in [5.74, 6) is 0.946. The molecule has 0 atom stereocenters. The fourth-order valence-corrected chi connectivity index (χ4v) is 2.16. The highest BCUT2D eigenvalue weighted by Gasteiger charge is 2.11. The monoisotopic (exact) mass is 289 g/mol. The first-order valence-electron chi connectivity index (χ1n) is 5.77. The molecule has 102 valence electrons. The quantitative estimate of drug-likeness (QED) is 0.773. The zero-order valence-corrected chi connectivity index (χ0v) is 11.6. The fourth-order valence-electron chi connectivity index (χ4n) is 1.45. The molecule has 20 heavy (non-hydrogen) atoms. The van der Waals surface area contributed by atoms with Crippen LogP contribution in [0.4, 0.5) is 5.95 Å². The Morgan fingerprint density at radius 2 is 2.15 bits per heavy atom. The number of nitrogens with zero attached hydrogens (tertiary/aromatic N) is 6. The van der Waals surface area contributed by atoms with E-state index in [1.807, 2.05) is 6.92 Å². The minimum Gasteiger partial charge on any atom is -0.439 e. The minimum absolute atomic E-state index is 0.467. The Kier molecular flexibility index (Phi) is 3.33. The van der Waals surface area contributed by atoms with Crippen LogP contribution in [-0.4, -0.2) is 36.5 Å². The van der Waals surface area contributed by atoms with Crippen LogP contribution in [-0.2, 0) is 0 Å². The summed E-state index contributed by atoms with van der Waals surface area (Å²) in [5.41, 5.74) is 0.810. The summed E-state index contributed by atoms with van der Waals surface area (Å²) in [5, 5.41) is 3.89. The molecule has 0 saturated carbocycles.